The number of halogens is 1. The average molecular weight is 395 g/mol. The molecule has 142 valence electrons. The van der Waals surface area contributed by atoms with Gasteiger partial charge in [-0.1, -0.05) is 59.2 Å². The van der Waals surface area contributed by atoms with Gasteiger partial charge in [0.25, 0.3) is 5.89 Å². The van der Waals surface area contributed by atoms with Crippen LogP contribution in [0.1, 0.15) is 30.2 Å². The zero-order valence-electron chi connectivity index (χ0n) is 15.5. The Morgan fingerprint density at radius 3 is 2.68 bits per heavy atom. The maximum Gasteiger partial charge on any atom is 0.253 e. The molecule has 6 nitrogen and oxygen atoms in total. The lowest BCUT2D eigenvalue weighted by Gasteiger charge is -2.12. The van der Waals surface area contributed by atoms with Crippen molar-refractivity contribution in [2.24, 2.45) is 0 Å². The number of nitrogens with zero attached hydrogens (tertiary/aromatic N) is 3. The van der Waals surface area contributed by atoms with Crippen LogP contribution in [0.2, 0.25) is 5.02 Å². The third kappa shape index (κ3) is 3.83. The number of hydrogen-bond acceptors (Lipinski definition) is 6. The zero-order valence-corrected chi connectivity index (χ0v) is 16.3. The highest BCUT2D eigenvalue weighted by Gasteiger charge is 2.22. The monoisotopic (exact) mass is 394 g/mol. The van der Waals surface area contributed by atoms with Crippen molar-refractivity contribution in [3.63, 3.8) is 0 Å². The molecule has 1 atom stereocenters. The first-order valence-corrected chi connectivity index (χ1v) is 9.33. The Kier molecular flexibility index (Phi) is 5.23. The maximum atomic E-state index is 6.06. The highest BCUT2D eigenvalue weighted by atomic mass is 35.5. The van der Waals surface area contributed by atoms with Crippen LogP contribution in [0.15, 0.2) is 63.5 Å². The van der Waals surface area contributed by atoms with Gasteiger partial charge < -0.3 is 14.3 Å². The van der Waals surface area contributed by atoms with Crippen LogP contribution in [0.4, 0.5) is 0 Å². The highest BCUT2D eigenvalue weighted by molar-refractivity contribution is 6.30. The molecular weight excluding hydrogens is 376 g/mol. The third-order valence-electron chi connectivity index (χ3n) is 4.50. The lowest BCUT2D eigenvalue weighted by Crippen LogP contribution is -2.18. The molecule has 7 heteroatoms. The van der Waals surface area contributed by atoms with Gasteiger partial charge >= 0.3 is 0 Å². The Bertz CT molecular complexity index is 1070. The normalized spacial score (nSPS) is 12.2. The number of nitrogens with one attached hydrogen (secondary N) is 1. The van der Waals surface area contributed by atoms with Crippen LogP contribution >= 0.6 is 11.6 Å². The van der Waals surface area contributed by atoms with E-state index >= 15 is 0 Å². The summed E-state index contributed by atoms with van der Waals surface area (Å²) in [4.78, 5) is 0. The van der Waals surface area contributed by atoms with Crippen LogP contribution < -0.4 is 5.32 Å². The fraction of sp³-hybridized carbons (Fsp3) is 0.190. The van der Waals surface area contributed by atoms with Gasteiger partial charge in [-0.3, -0.25) is 0 Å². The van der Waals surface area contributed by atoms with Crippen LogP contribution in [0, 0.1) is 6.92 Å². The van der Waals surface area contributed by atoms with Crippen molar-refractivity contribution in [2.45, 2.75) is 26.4 Å². The van der Waals surface area contributed by atoms with Crippen molar-refractivity contribution < 1.29 is 8.94 Å². The number of aryl methyl sites for hydroxylation is 1. The van der Waals surface area contributed by atoms with Gasteiger partial charge in [-0.2, -0.15) is 0 Å². The number of rotatable bonds is 6. The maximum absolute atomic E-state index is 6.06. The van der Waals surface area contributed by atoms with E-state index in [4.69, 9.17) is 20.5 Å². The summed E-state index contributed by atoms with van der Waals surface area (Å²) in [5.41, 5.74) is 3.43. The first-order valence-electron chi connectivity index (χ1n) is 8.95. The minimum Gasteiger partial charge on any atom is -0.419 e. The second kappa shape index (κ2) is 7.96. The van der Waals surface area contributed by atoms with Gasteiger partial charge in [-0.15, -0.1) is 10.2 Å². The Morgan fingerprint density at radius 2 is 1.89 bits per heavy atom. The molecule has 0 bridgehead atoms. The number of benzene rings is 2. The Morgan fingerprint density at radius 1 is 1.07 bits per heavy atom. The molecule has 1 N–H and O–H groups in total. The smallest absolute Gasteiger partial charge is 0.253 e. The largest absolute Gasteiger partial charge is 0.419 e. The van der Waals surface area contributed by atoms with E-state index in [0.29, 0.717) is 40.4 Å². The molecule has 0 spiro atoms. The molecule has 0 radical (unpaired) electrons. The summed E-state index contributed by atoms with van der Waals surface area (Å²) in [6, 6.07) is 17.6. The van der Waals surface area contributed by atoms with Crippen LogP contribution in [0.25, 0.3) is 22.7 Å². The van der Waals surface area contributed by atoms with Gasteiger partial charge in [0, 0.05) is 16.6 Å². The molecule has 2 aromatic carbocycles. The second-order valence-electron chi connectivity index (χ2n) is 6.49. The van der Waals surface area contributed by atoms with Gasteiger partial charge in [0.1, 0.15) is 17.0 Å². The quantitative estimate of drug-likeness (QED) is 0.484. The SMILES string of the molecule is Cc1onc(-c2ccccc2)c1-c1nnc(CN[C@@H](C)c2cccc(Cl)c2)o1. The molecule has 0 aliphatic carbocycles. The van der Waals surface area contributed by atoms with E-state index < -0.39 is 0 Å². The van der Waals surface area contributed by atoms with Crippen LogP contribution in [-0.4, -0.2) is 15.4 Å². The summed E-state index contributed by atoms with van der Waals surface area (Å²) in [5.74, 6) is 1.52. The summed E-state index contributed by atoms with van der Waals surface area (Å²) < 4.78 is 11.2. The molecule has 0 aliphatic rings. The van der Waals surface area contributed by atoms with Crippen molar-refractivity contribution >= 4 is 11.6 Å². The van der Waals surface area contributed by atoms with Gasteiger partial charge in [-0.25, -0.2) is 0 Å². The van der Waals surface area contributed by atoms with E-state index in [1.54, 1.807) is 0 Å². The van der Waals surface area contributed by atoms with Crippen molar-refractivity contribution in [1.82, 2.24) is 20.7 Å². The lowest BCUT2D eigenvalue weighted by atomic mass is 10.1. The predicted molar refractivity (Wildman–Crippen MR) is 107 cm³/mol. The molecule has 0 fully saturated rings. The van der Waals surface area contributed by atoms with Gasteiger partial charge in [0.05, 0.1) is 6.54 Å². The van der Waals surface area contributed by atoms with E-state index in [1.807, 2.05) is 61.5 Å². The number of hydrogen-bond donors (Lipinski definition) is 1. The molecule has 4 rings (SSSR count). The predicted octanol–water partition coefficient (Wildman–Crippen LogP) is 5.20. The van der Waals surface area contributed by atoms with E-state index in [0.717, 1.165) is 11.1 Å². The van der Waals surface area contributed by atoms with Crippen LogP contribution in [-0.2, 0) is 6.54 Å². The summed E-state index contributed by atoms with van der Waals surface area (Å²) in [7, 11) is 0. The minimum atomic E-state index is 0.0891. The number of aromatic nitrogens is 3. The first kappa shape index (κ1) is 18.4. The van der Waals surface area contributed by atoms with Gasteiger partial charge in [-0.05, 0) is 31.5 Å². The van der Waals surface area contributed by atoms with Crippen molar-refractivity contribution in [3.05, 3.63) is 76.8 Å². The highest BCUT2D eigenvalue weighted by Crippen LogP contribution is 2.33. The minimum absolute atomic E-state index is 0.0891. The Hall–Kier alpha value is -2.96. The average Bonchev–Trinajstić information content (AvgIpc) is 3.33. The van der Waals surface area contributed by atoms with E-state index in [1.165, 1.54) is 0 Å². The topological polar surface area (TPSA) is 77.0 Å². The summed E-state index contributed by atoms with van der Waals surface area (Å²) in [5, 5.41) is 16.6. The van der Waals surface area contributed by atoms with E-state index in [-0.39, 0.29) is 6.04 Å². The molecule has 0 unspecified atom stereocenters. The molecule has 0 aliphatic heterocycles. The summed E-state index contributed by atoms with van der Waals surface area (Å²) in [6.45, 7) is 4.32. The van der Waals surface area contributed by atoms with Crippen molar-refractivity contribution in [1.29, 1.82) is 0 Å². The molecule has 2 aromatic heterocycles. The standard InChI is InChI=1S/C21H19ClN4O2/c1-13(16-9-6-10-17(22)11-16)23-12-18-24-25-21(27-18)19-14(2)28-26-20(19)15-7-4-3-5-8-15/h3-11,13,23H,12H2,1-2H3/t13-/m0/s1. The van der Waals surface area contributed by atoms with Crippen molar-refractivity contribution in [2.75, 3.05) is 0 Å². The summed E-state index contributed by atoms with van der Waals surface area (Å²) >= 11 is 6.06. The van der Waals surface area contributed by atoms with Gasteiger partial charge in [0.15, 0.2) is 0 Å². The molecule has 0 amide bonds. The first-order chi connectivity index (χ1) is 13.6. The van der Waals surface area contributed by atoms with Gasteiger partial charge in [0.2, 0.25) is 5.89 Å². The third-order valence-corrected chi connectivity index (χ3v) is 4.73. The molecule has 0 saturated carbocycles. The van der Waals surface area contributed by atoms with Crippen LogP contribution in [0.3, 0.4) is 0 Å². The zero-order chi connectivity index (χ0) is 19.5. The Balaban J connectivity index is 1.52. The fourth-order valence-electron chi connectivity index (χ4n) is 2.98. The van der Waals surface area contributed by atoms with E-state index in [2.05, 4.69) is 27.6 Å². The molecule has 4 aromatic rings. The second-order valence-corrected chi connectivity index (χ2v) is 6.92. The van der Waals surface area contributed by atoms with Crippen molar-refractivity contribution in [3.8, 4) is 22.7 Å². The lowest BCUT2D eigenvalue weighted by molar-refractivity contribution is 0.399. The fourth-order valence-corrected chi connectivity index (χ4v) is 3.18. The molecule has 28 heavy (non-hydrogen) atoms. The Labute approximate surface area is 167 Å². The molecular formula is C21H19ClN4O2. The van der Waals surface area contributed by atoms with Crippen LogP contribution in [0.5, 0.6) is 0 Å². The summed E-state index contributed by atoms with van der Waals surface area (Å²) in [6.07, 6.45) is 0. The molecule has 0 saturated heterocycles. The van der Waals surface area contributed by atoms with E-state index in [9.17, 15) is 0 Å². The molecule has 2 heterocycles.